The first-order valence-corrected chi connectivity index (χ1v) is 12.1. The summed E-state index contributed by atoms with van der Waals surface area (Å²) < 4.78 is 11.2. The average molecular weight is 533 g/mol. The number of carbonyl (C=O) groups is 2. The molecule has 0 spiro atoms. The minimum Gasteiger partial charge on any atom is -0.506 e. The van der Waals surface area contributed by atoms with Gasteiger partial charge in [0.1, 0.15) is 11.3 Å². The number of ether oxygens (including phenoxy) is 2. The third-order valence-corrected chi connectivity index (χ3v) is 7.06. The van der Waals surface area contributed by atoms with Crippen molar-refractivity contribution in [3.05, 3.63) is 21.1 Å². The first-order chi connectivity index (χ1) is 15.3. The van der Waals surface area contributed by atoms with Gasteiger partial charge in [0.15, 0.2) is 5.75 Å². The molecule has 0 bridgehead atoms. The summed E-state index contributed by atoms with van der Waals surface area (Å²) in [4.78, 5) is 29.4. The van der Waals surface area contributed by atoms with Gasteiger partial charge in [-0.1, -0.05) is 11.6 Å². The van der Waals surface area contributed by atoms with E-state index in [1.54, 1.807) is 7.11 Å². The Labute approximate surface area is 202 Å². The molecule has 0 radical (unpaired) electrons. The highest BCUT2D eigenvalue weighted by atomic mass is 79.9. The van der Waals surface area contributed by atoms with Crippen LogP contribution in [-0.2, 0) is 9.53 Å². The zero-order chi connectivity index (χ0) is 23.3. The lowest BCUT2D eigenvalue weighted by molar-refractivity contribution is -0.130. The van der Waals surface area contributed by atoms with E-state index in [0.29, 0.717) is 23.9 Å². The highest BCUT2D eigenvalue weighted by Gasteiger charge is 2.32. The topological polar surface area (TPSA) is 91.3 Å². The molecule has 2 fully saturated rings. The molecule has 2 amide bonds. The number of amides is 2. The number of carbonyl (C=O) groups excluding carboxylic acids is 2. The fourth-order valence-electron chi connectivity index (χ4n) is 4.41. The van der Waals surface area contributed by atoms with Crippen LogP contribution in [0.5, 0.6) is 11.5 Å². The molecule has 32 heavy (non-hydrogen) atoms. The third kappa shape index (κ3) is 5.87. The van der Waals surface area contributed by atoms with Crippen molar-refractivity contribution >= 4 is 39.3 Å². The number of aromatic hydroxyl groups is 1. The van der Waals surface area contributed by atoms with E-state index in [9.17, 15) is 14.7 Å². The maximum absolute atomic E-state index is 13.0. The predicted octanol–water partition coefficient (Wildman–Crippen LogP) is 3.04. The molecule has 2 N–H and O–H groups in total. The van der Waals surface area contributed by atoms with Crippen LogP contribution in [0, 0.1) is 0 Å². The van der Waals surface area contributed by atoms with Gasteiger partial charge in [0.2, 0.25) is 5.91 Å². The van der Waals surface area contributed by atoms with Gasteiger partial charge < -0.3 is 29.7 Å². The van der Waals surface area contributed by atoms with Crippen molar-refractivity contribution in [1.82, 2.24) is 15.1 Å². The summed E-state index contributed by atoms with van der Waals surface area (Å²) in [6, 6.07) is 1.26. The minimum atomic E-state index is -0.473. The maximum atomic E-state index is 13.0. The largest absolute Gasteiger partial charge is 0.506 e. The number of phenols is 1. The molecule has 2 aliphatic heterocycles. The minimum absolute atomic E-state index is 0.00965. The van der Waals surface area contributed by atoms with Crippen molar-refractivity contribution in [3.8, 4) is 11.5 Å². The Morgan fingerprint density at radius 2 is 2.00 bits per heavy atom. The number of halogens is 2. The zero-order valence-electron chi connectivity index (χ0n) is 18.5. The standard InChI is InChI=1S/C22H31BrClN3O5/c1-31-17-13-26(8-5-6-18(28)27-9-3-4-10-27)11-7-16(17)25-22(30)19-20(29)14(23)12-15(24)21(19)32-2/h12,16-17,29H,3-11,13H2,1-2H3,(H,25,30)/t16-,17+/m1/s1. The van der Waals surface area contributed by atoms with Crippen LogP contribution in [0.4, 0.5) is 0 Å². The van der Waals surface area contributed by atoms with Crippen molar-refractivity contribution in [1.29, 1.82) is 0 Å². The van der Waals surface area contributed by atoms with E-state index in [2.05, 4.69) is 26.1 Å². The SMILES string of the molecule is COc1c(Cl)cc(Br)c(O)c1C(=O)N[C@@H]1CCN(CCCC(=O)N2CCCC2)C[C@@H]1OC. The van der Waals surface area contributed by atoms with Gasteiger partial charge >= 0.3 is 0 Å². The summed E-state index contributed by atoms with van der Waals surface area (Å²) in [7, 11) is 3.02. The lowest BCUT2D eigenvalue weighted by Crippen LogP contribution is -2.55. The summed E-state index contributed by atoms with van der Waals surface area (Å²) in [6.45, 7) is 4.03. The summed E-state index contributed by atoms with van der Waals surface area (Å²) in [5.41, 5.74) is -0.00965. The van der Waals surface area contributed by atoms with Crippen LogP contribution >= 0.6 is 27.5 Å². The van der Waals surface area contributed by atoms with E-state index in [1.807, 2.05) is 4.90 Å². The first kappa shape index (κ1) is 25.1. The van der Waals surface area contributed by atoms with Gasteiger partial charge in [-0.3, -0.25) is 9.59 Å². The number of hydrogen-bond donors (Lipinski definition) is 2. The number of likely N-dealkylation sites (tertiary alicyclic amines) is 2. The summed E-state index contributed by atoms with van der Waals surface area (Å²) in [5, 5.41) is 13.6. The molecule has 2 atom stereocenters. The van der Waals surface area contributed by atoms with E-state index < -0.39 is 5.91 Å². The van der Waals surface area contributed by atoms with Crippen LogP contribution in [0.3, 0.4) is 0 Å². The van der Waals surface area contributed by atoms with Gasteiger partial charge in [-0.15, -0.1) is 0 Å². The molecule has 1 aromatic rings. The smallest absolute Gasteiger partial charge is 0.259 e. The van der Waals surface area contributed by atoms with Crippen molar-refractivity contribution in [2.45, 2.75) is 44.2 Å². The average Bonchev–Trinajstić information content (AvgIpc) is 3.31. The molecule has 0 saturated carbocycles. The van der Waals surface area contributed by atoms with Gasteiger partial charge in [-0.2, -0.15) is 0 Å². The Morgan fingerprint density at radius 3 is 2.66 bits per heavy atom. The first-order valence-electron chi connectivity index (χ1n) is 10.9. The summed E-state index contributed by atoms with van der Waals surface area (Å²) in [5.74, 6) is -0.328. The molecule has 8 nitrogen and oxygen atoms in total. The van der Waals surface area contributed by atoms with Crippen LogP contribution in [0.15, 0.2) is 10.5 Å². The highest BCUT2D eigenvalue weighted by molar-refractivity contribution is 9.10. The lowest BCUT2D eigenvalue weighted by Gasteiger charge is -2.38. The van der Waals surface area contributed by atoms with Crippen molar-refractivity contribution < 1.29 is 24.2 Å². The molecule has 2 heterocycles. The van der Waals surface area contributed by atoms with E-state index in [-0.39, 0.29) is 40.1 Å². The quantitative estimate of drug-likeness (QED) is 0.535. The Hall–Kier alpha value is -1.55. The van der Waals surface area contributed by atoms with Gasteiger partial charge in [0.25, 0.3) is 5.91 Å². The van der Waals surface area contributed by atoms with Gasteiger partial charge in [-0.05, 0) is 54.2 Å². The molecular weight excluding hydrogens is 502 g/mol. The highest BCUT2D eigenvalue weighted by Crippen LogP contribution is 2.40. The van der Waals surface area contributed by atoms with Gasteiger partial charge in [-0.25, -0.2) is 0 Å². The molecule has 2 aliphatic rings. The number of methoxy groups -OCH3 is 2. The Balaban J connectivity index is 1.55. The fourth-order valence-corrected chi connectivity index (χ4v) is 5.25. The van der Waals surface area contributed by atoms with Crippen LogP contribution in [0.1, 0.15) is 42.5 Å². The Morgan fingerprint density at radius 1 is 1.28 bits per heavy atom. The monoisotopic (exact) mass is 531 g/mol. The summed E-state index contributed by atoms with van der Waals surface area (Å²) in [6.07, 6.45) is 4.07. The van der Waals surface area contributed by atoms with Gasteiger partial charge in [0.05, 0.1) is 28.8 Å². The number of benzene rings is 1. The number of rotatable bonds is 8. The van der Waals surface area contributed by atoms with E-state index in [1.165, 1.54) is 13.2 Å². The Bertz CT molecular complexity index is 834. The second-order valence-electron chi connectivity index (χ2n) is 8.23. The van der Waals surface area contributed by atoms with Crippen LogP contribution in [0.25, 0.3) is 0 Å². The van der Waals surface area contributed by atoms with Crippen LogP contribution < -0.4 is 10.1 Å². The maximum Gasteiger partial charge on any atom is 0.259 e. The second kappa shape index (κ2) is 11.5. The molecule has 0 aliphatic carbocycles. The fraction of sp³-hybridized carbons (Fsp3) is 0.636. The number of nitrogens with zero attached hydrogens (tertiary/aromatic N) is 2. The molecule has 3 rings (SSSR count). The molecule has 0 unspecified atom stereocenters. The molecule has 2 saturated heterocycles. The predicted molar refractivity (Wildman–Crippen MR) is 126 cm³/mol. The second-order valence-corrected chi connectivity index (χ2v) is 9.49. The normalized spacial score (nSPS) is 21.6. The van der Waals surface area contributed by atoms with E-state index in [0.717, 1.165) is 45.4 Å². The lowest BCUT2D eigenvalue weighted by atomic mass is 10.00. The number of piperidine rings is 1. The van der Waals surface area contributed by atoms with E-state index in [4.69, 9.17) is 21.1 Å². The Kier molecular flexibility index (Phi) is 9.04. The number of hydrogen-bond acceptors (Lipinski definition) is 6. The van der Waals surface area contributed by atoms with Crippen molar-refractivity contribution in [2.24, 2.45) is 0 Å². The van der Waals surface area contributed by atoms with Crippen molar-refractivity contribution in [3.63, 3.8) is 0 Å². The third-order valence-electron chi connectivity index (χ3n) is 6.18. The summed E-state index contributed by atoms with van der Waals surface area (Å²) >= 11 is 9.39. The molecule has 10 heteroatoms. The van der Waals surface area contributed by atoms with Crippen LogP contribution in [-0.4, -0.2) is 85.8 Å². The van der Waals surface area contributed by atoms with Gasteiger partial charge in [0, 0.05) is 39.7 Å². The van der Waals surface area contributed by atoms with E-state index >= 15 is 0 Å². The molecule has 0 aromatic heterocycles. The number of nitrogens with one attached hydrogen (secondary N) is 1. The number of phenolic OH excluding ortho intramolecular Hbond substituents is 1. The van der Waals surface area contributed by atoms with Crippen molar-refractivity contribution in [2.75, 3.05) is 46.9 Å². The zero-order valence-corrected chi connectivity index (χ0v) is 20.9. The van der Waals surface area contributed by atoms with Crippen LogP contribution in [0.2, 0.25) is 5.02 Å². The molecular formula is C22H31BrClN3O5. The molecule has 178 valence electrons. The molecule has 1 aromatic carbocycles.